The molecule has 1 aromatic rings. The van der Waals surface area contributed by atoms with Crippen molar-refractivity contribution < 1.29 is 4.79 Å². The van der Waals surface area contributed by atoms with Gasteiger partial charge in [0.05, 0.1) is 0 Å². The summed E-state index contributed by atoms with van der Waals surface area (Å²) < 4.78 is 0. The number of rotatable bonds is 6. The third-order valence-electron chi connectivity index (χ3n) is 2.60. The first-order chi connectivity index (χ1) is 8.11. The fourth-order valence-corrected chi connectivity index (χ4v) is 1.42. The lowest BCUT2D eigenvalue weighted by Gasteiger charge is -2.12. The van der Waals surface area contributed by atoms with Gasteiger partial charge in [-0.05, 0) is 32.4 Å². The standard InChI is InChI=1S/C13H21N3O/c1-4-10(2)16-13(17)6-8-15-12-5-7-14-11(3)9-12/h5,7,9-10H,4,6,8H2,1-3H3,(H,14,15)(H,16,17). The van der Waals surface area contributed by atoms with Crippen molar-refractivity contribution in [2.45, 2.75) is 39.7 Å². The predicted octanol–water partition coefficient (Wildman–Crippen LogP) is 2.11. The minimum Gasteiger partial charge on any atom is -0.384 e. The molecule has 0 aliphatic carbocycles. The minimum absolute atomic E-state index is 0.0950. The second-order valence-electron chi connectivity index (χ2n) is 4.24. The molecule has 1 rings (SSSR count). The van der Waals surface area contributed by atoms with E-state index in [0.29, 0.717) is 13.0 Å². The molecule has 2 N–H and O–H groups in total. The van der Waals surface area contributed by atoms with Crippen molar-refractivity contribution in [3.8, 4) is 0 Å². The Hall–Kier alpha value is -1.58. The van der Waals surface area contributed by atoms with Crippen LogP contribution >= 0.6 is 0 Å². The number of hydrogen-bond donors (Lipinski definition) is 2. The van der Waals surface area contributed by atoms with Gasteiger partial charge in [0.25, 0.3) is 0 Å². The van der Waals surface area contributed by atoms with Crippen LogP contribution in [0.3, 0.4) is 0 Å². The zero-order valence-electron chi connectivity index (χ0n) is 10.8. The highest BCUT2D eigenvalue weighted by molar-refractivity contribution is 5.76. The molecule has 17 heavy (non-hydrogen) atoms. The highest BCUT2D eigenvalue weighted by Crippen LogP contribution is 2.06. The maximum absolute atomic E-state index is 11.5. The van der Waals surface area contributed by atoms with Crippen LogP contribution in [0.2, 0.25) is 0 Å². The Morgan fingerprint density at radius 3 is 2.94 bits per heavy atom. The second kappa shape index (κ2) is 6.89. The van der Waals surface area contributed by atoms with Crippen LogP contribution in [0.4, 0.5) is 5.69 Å². The summed E-state index contributed by atoms with van der Waals surface area (Å²) in [5.74, 6) is 0.0950. The van der Waals surface area contributed by atoms with Crippen molar-refractivity contribution >= 4 is 11.6 Å². The summed E-state index contributed by atoms with van der Waals surface area (Å²) in [7, 11) is 0. The number of carbonyl (C=O) groups excluding carboxylic acids is 1. The van der Waals surface area contributed by atoms with Gasteiger partial charge in [-0.25, -0.2) is 0 Å². The molecular weight excluding hydrogens is 214 g/mol. The van der Waals surface area contributed by atoms with Gasteiger partial charge in [0.2, 0.25) is 5.91 Å². The monoisotopic (exact) mass is 235 g/mol. The van der Waals surface area contributed by atoms with Gasteiger partial charge in [0.1, 0.15) is 0 Å². The molecule has 0 bridgehead atoms. The predicted molar refractivity (Wildman–Crippen MR) is 70.0 cm³/mol. The fourth-order valence-electron chi connectivity index (χ4n) is 1.42. The van der Waals surface area contributed by atoms with E-state index in [1.807, 2.05) is 26.0 Å². The van der Waals surface area contributed by atoms with E-state index >= 15 is 0 Å². The highest BCUT2D eigenvalue weighted by Gasteiger charge is 2.04. The number of aryl methyl sites for hydroxylation is 1. The summed E-state index contributed by atoms with van der Waals surface area (Å²) in [6, 6.07) is 4.12. The van der Waals surface area contributed by atoms with Crippen LogP contribution < -0.4 is 10.6 Å². The molecule has 0 saturated carbocycles. The lowest BCUT2D eigenvalue weighted by molar-refractivity contribution is -0.121. The van der Waals surface area contributed by atoms with E-state index in [1.54, 1.807) is 6.20 Å². The third kappa shape index (κ3) is 5.33. The molecule has 0 aliphatic heterocycles. The molecule has 1 atom stereocenters. The van der Waals surface area contributed by atoms with Gasteiger partial charge < -0.3 is 10.6 Å². The van der Waals surface area contributed by atoms with Gasteiger partial charge in [0, 0.05) is 36.6 Å². The fraction of sp³-hybridized carbons (Fsp3) is 0.538. The van der Waals surface area contributed by atoms with Crippen LogP contribution in [0.5, 0.6) is 0 Å². The molecule has 4 nitrogen and oxygen atoms in total. The molecule has 0 radical (unpaired) electrons. The van der Waals surface area contributed by atoms with Crippen molar-refractivity contribution in [1.82, 2.24) is 10.3 Å². The smallest absolute Gasteiger partial charge is 0.221 e. The van der Waals surface area contributed by atoms with Gasteiger partial charge in [-0.2, -0.15) is 0 Å². The van der Waals surface area contributed by atoms with E-state index < -0.39 is 0 Å². The molecule has 0 aromatic carbocycles. The van der Waals surface area contributed by atoms with Crippen LogP contribution in [0.25, 0.3) is 0 Å². The van der Waals surface area contributed by atoms with Gasteiger partial charge in [-0.3, -0.25) is 9.78 Å². The number of nitrogens with zero attached hydrogens (tertiary/aromatic N) is 1. The topological polar surface area (TPSA) is 54.0 Å². The normalized spacial score (nSPS) is 11.9. The number of aromatic nitrogens is 1. The second-order valence-corrected chi connectivity index (χ2v) is 4.24. The average molecular weight is 235 g/mol. The Morgan fingerprint density at radius 2 is 2.29 bits per heavy atom. The molecule has 1 heterocycles. The Labute approximate surface area is 103 Å². The van der Waals surface area contributed by atoms with E-state index in [-0.39, 0.29) is 11.9 Å². The van der Waals surface area contributed by atoms with Crippen molar-refractivity contribution in [3.05, 3.63) is 24.0 Å². The maximum atomic E-state index is 11.5. The first kappa shape index (κ1) is 13.5. The molecule has 1 unspecified atom stereocenters. The molecule has 1 amide bonds. The van der Waals surface area contributed by atoms with Crippen LogP contribution in [-0.2, 0) is 4.79 Å². The van der Waals surface area contributed by atoms with E-state index in [2.05, 4.69) is 22.5 Å². The van der Waals surface area contributed by atoms with Gasteiger partial charge in [-0.1, -0.05) is 6.92 Å². The molecule has 0 spiro atoms. The van der Waals surface area contributed by atoms with Gasteiger partial charge in [-0.15, -0.1) is 0 Å². The Morgan fingerprint density at radius 1 is 1.53 bits per heavy atom. The Balaban J connectivity index is 2.26. The Kier molecular flexibility index (Phi) is 5.46. The zero-order valence-corrected chi connectivity index (χ0v) is 10.8. The van der Waals surface area contributed by atoms with E-state index in [4.69, 9.17) is 0 Å². The summed E-state index contributed by atoms with van der Waals surface area (Å²) in [6.07, 6.45) is 3.21. The van der Waals surface area contributed by atoms with Crippen LogP contribution in [0.1, 0.15) is 32.4 Å². The SMILES string of the molecule is CCC(C)NC(=O)CCNc1ccnc(C)c1. The Bertz CT molecular complexity index is 365. The van der Waals surface area contributed by atoms with Crippen LogP contribution in [0.15, 0.2) is 18.3 Å². The van der Waals surface area contributed by atoms with Crippen LogP contribution in [-0.4, -0.2) is 23.5 Å². The average Bonchev–Trinajstić information content (AvgIpc) is 2.29. The summed E-state index contributed by atoms with van der Waals surface area (Å²) in [6.45, 7) is 6.66. The number of pyridine rings is 1. The lowest BCUT2D eigenvalue weighted by atomic mass is 10.2. The van der Waals surface area contributed by atoms with Gasteiger partial charge in [0.15, 0.2) is 0 Å². The quantitative estimate of drug-likeness (QED) is 0.794. The molecule has 0 aliphatic rings. The van der Waals surface area contributed by atoms with E-state index in [0.717, 1.165) is 17.8 Å². The molecule has 4 heteroatoms. The molecule has 0 saturated heterocycles. The molecule has 0 fully saturated rings. The van der Waals surface area contributed by atoms with Crippen molar-refractivity contribution in [2.75, 3.05) is 11.9 Å². The summed E-state index contributed by atoms with van der Waals surface area (Å²) in [4.78, 5) is 15.6. The van der Waals surface area contributed by atoms with E-state index in [9.17, 15) is 4.79 Å². The largest absolute Gasteiger partial charge is 0.384 e. The highest BCUT2D eigenvalue weighted by atomic mass is 16.1. The summed E-state index contributed by atoms with van der Waals surface area (Å²) in [5, 5.41) is 6.14. The number of nitrogens with one attached hydrogen (secondary N) is 2. The first-order valence-electron chi connectivity index (χ1n) is 6.07. The third-order valence-corrected chi connectivity index (χ3v) is 2.60. The number of carbonyl (C=O) groups is 1. The van der Waals surface area contributed by atoms with Crippen molar-refractivity contribution in [3.63, 3.8) is 0 Å². The van der Waals surface area contributed by atoms with Crippen LogP contribution in [0, 0.1) is 6.92 Å². The number of hydrogen-bond acceptors (Lipinski definition) is 3. The van der Waals surface area contributed by atoms with Crippen molar-refractivity contribution in [2.24, 2.45) is 0 Å². The number of amides is 1. The summed E-state index contributed by atoms with van der Waals surface area (Å²) in [5.41, 5.74) is 1.98. The zero-order chi connectivity index (χ0) is 12.7. The number of anilines is 1. The van der Waals surface area contributed by atoms with Crippen molar-refractivity contribution in [1.29, 1.82) is 0 Å². The molecule has 94 valence electrons. The van der Waals surface area contributed by atoms with E-state index in [1.165, 1.54) is 0 Å². The maximum Gasteiger partial charge on any atom is 0.221 e. The minimum atomic E-state index is 0.0950. The van der Waals surface area contributed by atoms with Gasteiger partial charge >= 0.3 is 0 Å². The molecular formula is C13H21N3O. The lowest BCUT2D eigenvalue weighted by Crippen LogP contribution is -2.32. The summed E-state index contributed by atoms with van der Waals surface area (Å²) >= 11 is 0. The molecule has 1 aromatic heterocycles. The first-order valence-corrected chi connectivity index (χ1v) is 6.07.